The molecular formula is C29H45N5O4S. The third kappa shape index (κ3) is 14.4. The fourth-order valence-electron chi connectivity index (χ4n) is 3.24. The Bertz CT molecular complexity index is 1030. The third-order valence-electron chi connectivity index (χ3n) is 4.82. The number of pyridine rings is 1. The number of nitrogen functional groups attached to an aromatic ring is 1. The minimum Gasteiger partial charge on any atom is -0.475 e. The standard InChI is InChI=1S/C16H18N4O2.C9H15NO2.C2H6S.C2H6/c1-10(2)22-15-6-3-11(8-19-15)16(18)13-7-12(20-9-21)4-5-14(13)17;1-3-12-9(11)7-10-5-4-8(2)6-10;1-3-2;1-2/h3-10,18H,17H2,1-2H3,(H,20,21);2-7H2,1H3;1-2H3;1-2H3. The average Bonchev–Trinajstić information content (AvgIpc) is 3.31. The lowest BCUT2D eigenvalue weighted by Crippen LogP contribution is -2.28. The minimum absolute atomic E-state index is 0.0412. The van der Waals surface area contributed by atoms with Gasteiger partial charge in [0.05, 0.1) is 25.0 Å². The Labute approximate surface area is 238 Å². The molecule has 0 radical (unpaired) electrons. The molecule has 1 amide bonds. The van der Waals surface area contributed by atoms with Crippen molar-refractivity contribution in [3.63, 3.8) is 0 Å². The van der Waals surface area contributed by atoms with Gasteiger partial charge in [0.25, 0.3) is 0 Å². The van der Waals surface area contributed by atoms with Gasteiger partial charge in [-0.05, 0) is 64.0 Å². The first-order valence-electron chi connectivity index (χ1n) is 12.9. The molecule has 39 heavy (non-hydrogen) atoms. The number of hydrogen-bond donors (Lipinski definition) is 3. The first kappa shape index (κ1) is 35.6. The van der Waals surface area contributed by atoms with Gasteiger partial charge in [-0.3, -0.25) is 19.9 Å². The van der Waals surface area contributed by atoms with Crippen molar-refractivity contribution >= 4 is 41.2 Å². The number of carbonyl (C=O) groups excluding carboxylic acids is 2. The largest absolute Gasteiger partial charge is 0.475 e. The highest BCUT2D eigenvalue weighted by Gasteiger charge is 2.17. The van der Waals surface area contributed by atoms with Gasteiger partial charge in [-0.1, -0.05) is 26.0 Å². The number of nitrogens with two attached hydrogens (primary N) is 1. The van der Waals surface area contributed by atoms with Crippen LogP contribution >= 0.6 is 11.8 Å². The highest BCUT2D eigenvalue weighted by Crippen LogP contribution is 2.21. The van der Waals surface area contributed by atoms with Crippen molar-refractivity contribution in [1.82, 2.24) is 9.88 Å². The van der Waals surface area contributed by atoms with Gasteiger partial charge in [0.2, 0.25) is 12.3 Å². The predicted molar refractivity (Wildman–Crippen MR) is 164 cm³/mol. The minimum atomic E-state index is -0.132. The Morgan fingerprint density at radius 3 is 2.44 bits per heavy atom. The van der Waals surface area contributed by atoms with Crippen LogP contribution in [0.1, 0.15) is 52.2 Å². The van der Waals surface area contributed by atoms with Crippen LogP contribution in [0.3, 0.4) is 0 Å². The lowest BCUT2D eigenvalue weighted by Gasteiger charge is -2.12. The maximum absolute atomic E-state index is 11.0. The van der Waals surface area contributed by atoms with Crippen molar-refractivity contribution in [3.05, 3.63) is 59.8 Å². The number of amides is 1. The molecule has 1 aliphatic heterocycles. The van der Waals surface area contributed by atoms with Gasteiger partial charge in [-0.2, -0.15) is 11.8 Å². The van der Waals surface area contributed by atoms with Gasteiger partial charge in [-0.15, -0.1) is 0 Å². The third-order valence-corrected chi connectivity index (χ3v) is 4.82. The van der Waals surface area contributed by atoms with E-state index in [1.807, 2.05) is 47.1 Å². The molecule has 9 nitrogen and oxygen atoms in total. The summed E-state index contributed by atoms with van der Waals surface area (Å²) >= 11 is 1.75. The number of esters is 1. The second kappa shape index (κ2) is 20.6. The highest BCUT2D eigenvalue weighted by atomic mass is 32.2. The van der Waals surface area contributed by atoms with Crippen molar-refractivity contribution in [2.24, 2.45) is 0 Å². The molecule has 1 saturated heterocycles. The van der Waals surface area contributed by atoms with Crippen molar-refractivity contribution in [1.29, 1.82) is 5.41 Å². The van der Waals surface area contributed by atoms with Gasteiger partial charge in [-0.25, -0.2) is 4.98 Å². The second-order valence-corrected chi connectivity index (χ2v) is 9.23. The van der Waals surface area contributed by atoms with Gasteiger partial charge < -0.3 is 20.5 Å². The summed E-state index contributed by atoms with van der Waals surface area (Å²) < 4.78 is 10.3. The molecule has 0 saturated carbocycles. The molecule has 3 rings (SSSR count). The van der Waals surface area contributed by atoms with Crippen molar-refractivity contribution in [2.45, 2.75) is 47.1 Å². The summed E-state index contributed by atoms with van der Waals surface area (Å²) in [6.45, 7) is 16.2. The molecule has 1 aliphatic rings. The molecule has 0 atom stereocenters. The molecule has 2 heterocycles. The summed E-state index contributed by atoms with van der Waals surface area (Å²) in [6, 6.07) is 8.46. The van der Waals surface area contributed by atoms with Crippen LogP contribution in [0.15, 0.2) is 48.7 Å². The number of ether oxygens (including phenoxy) is 2. The molecule has 1 fully saturated rings. The molecule has 0 bridgehead atoms. The number of nitrogens with one attached hydrogen (secondary N) is 2. The van der Waals surface area contributed by atoms with E-state index < -0.39 is 0 Å². The fraction of sp³-hybridized carbons (Fsp3) is 0.448. The summed E-state index contributed by atoms with van der Waals surface area (Å²) in [4.78, 5) is 27.8. The van der Waals surface area contributed by atoms with E-state index in [2.05, 4.69) is 21.8 Å². The Morgan fingerprint density at radius 1 is 1.28 bits per heavy atom. The van der Waals surface area contributed by atoms with Crippen LogP contribution in [-0.2, 0) is 14.3 Å². The molecule has 216 valence electrons. The van der Waals surface area contributed by atoms with Crippen molar-refractivity contribution < 1.29 is 19.1 Å². The maximum atomic E-state index is 11.0. The number of rotatable bonds is 9. The lowest BCUT2D eigenvalue weighted by atomic mass is 10.0. The van der Waals surface area contributed by atoms with Crippen LogP contribution in [0, 0.1) is 5.41 Å². The predicted octanol–water partition coefficient (Wildman–Crippen LogP) is 5.25. The monoisotopic (exact) mass is 559 g/mol. The SMILES string of the molecule is C=C1CCN(CC(=O)OCC)C1.CC.CC(C)Oc1ccc(C(=N)c2cc(NC=O)ccc2N)cn1.CSC. The van der Waals surface area contributed by atoms with Crippen LogP contribution in [0.25, 0.3) is 0 Å². The van der Waals surface area contributed by atoms with E-state index in [9.17, 15) is 9.59 Å². The number of thioether (sulfide) groups is 1. The zero-order chi connectivity index (χ0) is 29.8. The van der Waals surface area contributed by atoms with E-state index in [1.54, 1.807) is 48.3 Å². The number of carbonyl (C=O) groups is 2. The molecule has 0 unspecified atom stereocenters. The summed E-state index contributed by atoms with van der Waals surface area (Å²) in [5, 5.41) is 10.8. The number of benzene rings is 1. The van der Waals surface area contributed by atoms with E-state index in [4.69, 9.17) is 20.6 Å². The maximum Gasteiger partial charge on any atom is 0.320 e. The molecule has 1 aromatic heterocycles. The van der Waals surface area contributed by atoms with Crippen molar-refractivity contribution in [3.8, 4) is 5.88 Å². The van der Waals surface area contributed by atoms with E-state index in [0.717, 1.165) is 19.5 Å². The van der Waals surface area contributed by atoms with E-state index >= 15 is 0 Å². The van der Waals surface area contributed by atoms with Gasteiger partial charge in [0.1, 0.15) is 0 Å². The fourth-order valence-corrected chi connectivity index (χ4v) is 3.24. The Kier molecular flexibility index (Phi) is 18.8. The molecular weight excluding hydrogens is 514 g/mol. The number of nitrogens with zero attached hydrogens (tertiary/aromatic N) is 2. The first-order valence-corrected chi connectivity index (χ1v) is 14.5. The van der Waals surface area contributed by atoms with Gasteiger partial charge in [0.15, 0.2) is 0 Å². The molecule has 0 spiro atoms. The highest BCUT2D eigenvalue weighted by molar-refractivity contribution is 7.97. The molecule has 0 aliphatic carbocycles. The van der Waals surface area contributed by atoms with E-state index in [1.165, 1.54) is 5.57 Å². The number of aromatic nitrogens is 1. The van der Waals surface area contributed by atoms with Crippen LogP contribution in [0.5, 0.6) is 5.88 Å². The Balaban J connectivity index is 0.000000714. The number of likely N-dealkylation sites (tertiary alicyclic amines) is 1. The summed E-state index contributed by atoms with van der Waals surface area (Å²) in [5.41, 5.74) is 9.55. The van der Waals surface area contributed by atoms with Crippen LogP contribution in [0.2, 0.25) is 0 Å². The molecule has 2 aromatic rings. The normalized spacial score (nSPS) is 12.1. The summed E-state index contributed by atoms with van der Waals surface area (Å²) in [7, 11) is 0. The van der Waals surface area contributed by atoms with E-state index in [-0.39, 0.29) is 17.8 Å². The van der Waals surface area contributed by atoms with E-state index in [0.29, 0.717) is 47.9 Å². The number of anilines is 2. The second-order valence-electron chi connectivity index (χ2n) is 8.41. The topological polar surface area (TPSA) is 131 Å². The van der Waals surface area contributed by atoms with Crippen molar-refractivity contribution in [2.75, 3.05) is 49.8 Å². The first-order chi connectivity index (χ1) is 18.6. The van der Waals surface area contributed by atoms with Gasteiger partial charge >= 0.3 is 5.97 Å². The summed E-state index contributed by atoms with van der Waals surface area (Å²) in [5.74, 6) is 0.378. The average molecular weight is 560 g/mol. The summed E-state index contributed by atoms with van der Waals surface area (Å²) in [6.07, 6.45) is 7.29. The molecule has 4 N–H and O–H groups in total. The molecule has 10 heteroatoms. The van der Waals surface area contributed by atoms with Crippen LogP contribution in [-0.4, -0.2) is 72.8 Å². The lowest BCUT2D eigenvalue weighted by molar-refractivity contribution is -0.144. The Morgan fingerprint density at radius 2 is 1.95 bits per heavy atom. The smallest absolute Gasteiger partial charge is 0.320 e. The quantitative estimate of drug-likeness (QED) is 0.125. The van der Waals surface area contributed by atoms with Gasteiger partial charge in [0, 0.05) is 47.9 Å². The zero-order valence-corrected chi connectivity index (χ0v) is 25.2. The number of hydrogen-bond acceptors (Lipinski definition) is 9. The zero-order valence-electron chi connectivity index (χ0n) is 24.4. The van der Waals surface area contributed by atoms with Crippen LogP contribution in [0.4, 0.5) is 11.4 Å². The molecule has 1 aromatic carbocycles. The van der Waals surface area contributed by atoms with Crippen LogP contribution < -0.4 is 15.8 Å². The Hall–Kier alpha value is -3.37.